The predicted octanol–water partition coefficient (Wildman–Crippen LogP) is 14.5. The largest absolute Gasteiger partial charge is 0.309 e. The Morgan fingerprint density at radius 1 is 0.346 bits per heavy atom. The molecule has 0 atom stereocenters. The fraction of sp³-hybridized carbons (Fsp3) is 0. The van der Waals surface area contributed by atoms with E-state index >= 15 is 0 Å². The summed E-state index contributed by atoms with van der Waals surface area (Å²) in [4.78, 5) is 0. The lowest BCUT2D eigenvalue weighted by molar-refractivity contribution is 1.18. The smallest absolute Gasteiger partial charge is 0.0554 e. The lowest BCUT2D eigenvalue weighted by Crippen LogP contribution is -1.94. The van der Waals surface area contributed by atoms with E-state index in [4.69, 9.17) is 0 Å². The summed E-state index contributed by atoms with van der Waals surface area (Å²) in [7, 11) is 0. The molecule has 242 valence electrons. The van der Waals surface area contributed by atoms with Gasteiger partial charge in [0.15, 0.2) is 0 Å². The lowest BCUT2D eigenvalue weighted by Gasteiger charge is -2.11. The zero-order valence-corrected chi connectivity index (χ0v) is 29.1. The molecule has 2 heterocycles. The van der Waals surface area contributed by atoms with Crippen molar-refractivity contribution in [2.75, 3.05) is 0 Å². The van der Waals surface area contributed by atoms with Gasteiger partial charge in [-0.05, 0) is 91.8 Å². The maximum absolute atomic E-state index is 2.49. The van der Waals surface area contributed by atoms with Gasteiger partial charge in [0.25, 0.3) is 0 Å². The second kappa shape index (κ2) is 11.5. The first kappa shape index (κ1) is 29.3. The highest BCUT2D eigenvalue weighted by Crippen LogP contribution is 2.49. The molecule has 11 aromatic rings. The Balaban J connectivity index is 1.30. The number of benzene rings is 9. The molecule has 52 heavy (non-hydrogen) atoms. The summed E-state index contributed by atoms with van der Waals surface area (Å²) < 4.78 is 5.11. The molecule has 0 aliphatic rings. The van der Waals surface area contributed by atoms with E-state index in [1.165, 1.54) is 96.9 Å². The molecule has 2 aromatic heterocycles. The zero-order valence-electron chi connectivity index (χ0n) is 28.3. The van der Waals surface area contributed by atoms with Crippen LogP contribution in [0.5, 0.6) is 0 Å². The first-order valence-corrected chi connectivity index (χ1v) is 18.7. The van der Waals surface area contributed by atoms with Crippen LogP contribution in [-0.2, 0) is 0 Å². The zero-order chi connectivity index (χ0) is 34.2. The molecular weight excluding hydrogens is 647 g/mol. The Morgan fingerprint density at radius 3 is 1.90 bits per heavy atom. The second-order valence-corrected chi connectivity index (χ2v) is 14.7. The molecule has 11 rings (SSSR count). The number of rotatable bonds is 4. The summed E-state index contributed by atoms with van der Waals surface area (Å²) in [5.41, 5.74) is 11.0. The summed E-state index contributed by atoms with van der Waals surface area (Å²) in [6, 6.07) is 69.2. The van der Waals surface area contributed by atoms with Crippen LogP contribution in [0.3, 0.4) is 0 Å². The number of hydrogen-bond acceptors (Lipinski definition) is 1. The van der Waals surface area contributed by atoms with E-state index < -0.39 is 0 Å². The van der Waals surface area contributed by atoms with Gasteiger partial charge in [0, 0.05) is 42.2 Å². The number of aromatic nitrogens is 1. The van der Waals surface area contributed by atoms with Crippen LogP contribution in [0.25, 0.3) is 103 Å². The van der Waals surface area contributed by atoms with Gasteiger partial charge in [0.2, 0.25) is 0 Å². The summed E-state index contributed by atoms with van der Waals surface area (Å²) in [6.07, 6.45) is 0. The van der Waals surface area contributed by atoms with Gasteiger partial charge >= 0.3 is 0 Å². The number of fused-ring (bicyclic) bond motifs is 9. The molecule has 0 amide bonds. The lowest BCUT2D eigenvalue weighted by atomic mass is 9.94. The summed E-state index contributed by atoms with van der Waals surface area (Å²) in [5.74, 6) is 0. The first-order valence-electron chi connectivity index (χ1n) is 17.8. The maximum Gasteiger partial charge on any atom is 0.0554 e. The van der Waals surface area contributed by atoms with E-state index in [0.29, 0.717) is 0 Å². The van der Waals surface area contributed by atoms with Gasteiger partial charge in [-0.2, -0.15) is 0 Å². The average Bonchev–Trinajstić information content (AvgIpc) is 3.75. The summed E-state index contributed by atoms with van der Waals surface area (Å²) in [6.45, 7) is 0. The van der Waals surface area contributed by atoms with Crippen LogP contribution >= 0.6 is 11.3 Å². The topological polar surface area (TPSA) is 4.93 Å². The van der Waals surface area contributed by atoms with E-state index in [2.05, 4.69) is 193 Å². The van der Waals surface area contributed by atoms with Crippen LogP contribution < -0.4 is 0 Å². The highest BCUT2D eigenvalue weighted by Gasteiger charge is 2.22. The Labute approximate surface area is 305 Å². The number of nitrogens with zero attached hydrogens (tertiary/aromatic N) is 1. The fourth-order valence-electron chi connectivity index (χ4n) is 8.33. The SMILES string of the molecule is c1ccc(-c2ccc3c4c5c(sc6ccc(-c7cccc8ccccc78)cc65)c(-c5ccc6ccccc6c5)cc4n(-c4ccccc4)c3c2)cc1. The van der Waals surface area contributed by atoms with Crippen molar-refractivity contribution in [3.8, 4) is 39.1 Å². The molecule has 0 unspecified atom stereocenters. The van der Waals surface area contributed by atoms with Crippen LogP contribution in [0.2, 0.25) is 0 Å². The second-order valence-electron chi connectivity index (χ2n) is 13.7. The van der Waals surface area contributed by atoms with Crippen molar-refractivity contribution in [3.05, 3.63) is 188 Å². The van der Waals surface area contributed by atoms with Crippen LogP contribution in [0.1, 0.15) is 0 Å². The normalized spacial score (nSPS) is 11.8. The molecule has 0 bridgehead atoms. The van der Waals surface area contributed by atoms with Crippen LogP contribution in [-0.4, -0.2) is 4.57 Å². The molecule has 0 spiro atoms. The maximum atomic E-state index is 2.49. The molecular formula is C50H31NS. The molecule has 0 saturated heterocycles. The monoisotopic (exact) mass is 677 g/mol. The van der Waals surface area contributed by atoms with Crippen molar-refractivity contribution < 1.29 is 0 Å². The molecule has 9 aromatic carbocycles. The molecule has 0 aliphatic heterocycles. The van der Waals surface area contributed by atoms with E-state index in [-0.39, 0.29) is 0 Å². The Hall–Kier alpha value is -6.48. The summed E-state index contributed by atoms with van der Waals surface area (Å²) >= 11 is 1.92. The third-order valence-corrected chi connectivity index (χ3v) is 12.0. The molecule has 0 aliphatic carbocycles. The molecule has 0 N–H and O–H groups in total. The van der Waals surface area contributed by atoms with Gasteiger partial charge in [-0.1, -0.05) is 146 Å². The minimum Gasteiger partial charge on any atom is -0.309 e. The van der Waals surface area contributed by atoms with Crippen molar-refractivity contribution >= 4 is 74.9 Å². The number of thiophene rings is 1. The predicted molar refractivity (Wildman–Crippen MR) is 225 cm³/mol. The van der Waals surface area contributed by atoms with Gasteiger partial charge < -0.3 is 4.57 Å². The van der Waals surface area contributed by atoms with E-state index in [9.17, 15) is 0 Å². The van der Waals surface area contributed by atoms with Gasteiger partial charge in [0.05, 0.1) is 11.0 Å². The van der Waals surface area contributed by atoms with Crippen molar-refractivity contribution in [3.63, 3.8) is 0 Å². The first-order chi connectivity index (χ1) is 25.8. The molecule has 0 fully saturated rings. The minimum atomic E-state index is 1.16. The molecule has 1 nitrogen and oxygen atoms in total. The van der Waals surface area contributed by atoms with Crippen molar-refractivity contribution in [2.24, 2.45) is 0 Å². The number of hydrogen-bond donors (Lipinski definition) is 0. The fourth-order valence-corrected chi connectivity index (χ4v) is 9.55. The quantitative estimate of drug-likeness (QED) is 0.175. The van der Waals surface area contributed by atoms with Gasteiger partial charge in [0.1, 0.15) is 0 Å². The highest BCUT2D eigenvalue weighted by atomic mass is 32.1. The number of para-hydroxylation sites is 1. The van der Waals surface area contributed by atoms with E-state index in [0.717, 1.165) is 5.69 Å². The third-order valence-electron chi connectivity index (χ3n) is 10.8. The molecule has 0 saturated carbocycles. The standard InChI is InChI=1S/C50H31NS/c1-3-12-32(13-4-1)36-24-26-42-45(30-36)51(39-18-5-2-6-19-39)46-31-43(37-23-22-33-14-7-8-16-35(33)28-37)50-49(48(42)46)44-29-38(25-27-47(44)52-50)41-21-11-17-34-15-9-10-20-40(34)41/h1-31H. The molecule has 0 radical (unpaired) electrons. The van der Waals surface area contributed by atoms with Crippen molar-refractivity contribution in [2.45, 2.75) is 0 Å². The van der Waals surface area contributed by atoms with Crippen LogP contribution in [0.15, 0.2) is 188 Å². The van der Waals surface area contributed by atoms with Gasteiger partial charge in [-0.3, -0.25) is 0 Å². The Bertz CT molecular complexity index is 3160. The molecule has 2 heteroatoms. The van der Waals surface area contributed by atoms with Gasteiger partial charge in [-0.25, -0.2) is 0 Å². The Kier molecular flexibility index (Phi) is 6.49. The van der Waals surface area contributed by atoms with Crippen molar-refractivity contribution in [1.29, 1.82) is 0 Å². The van der Waals surface area contributed by atoms with Crippen LogP contribution in [0.4, 0.5) is 0 Å². The van der Waals surface area contributed by atoms with Crippen LogP contribution in [0, 0.1) is 0 Å². The third kappa shape index (κ3) is 4.48. The van der Waals surface area contributed by atoms with Gasteiger partial charge in [-0.15, -0.1) is 11.3 Å². The average molecular weight is 678 g/mol. The Morgan fingerprint density at radius 2 is 1.04 bits per heavy atom. The minimum absolute atomic E-state index is 1.16. The van der Waals surface area contributed by atoms with Crippen molar-refractivity contribution in [1.82, 2.24) is 4.57 Å². The van der Waals surface area contributed by atoms with E-state index in [1.807, 2.05) is 11.3 Å². The van der Waals surface area contributed by atoms with E-state index in [1.54, 1.807) is 0 Å². The highest BCUT2D eigenvalue weighted by molar-refractivity contribution is 7.26. The summed E-state index contributed by atoms with van der Waals surface area (Å²) in [5, 5.41) is 10.3.